The molecule has 200 valence electrons. The van der Waals surface area contributed by atoms with Gasteiger partial charge >= 0.3 is 23.9 Å². The average molecular weight is 556 g/mol. The van der Waals surface area contributed by atoms with E-state index in [1.807, 2.05) is 0 Å². The SMILES string of the molecule is CC(=O)OC[C@@H]1O[C@H](N2C(=O)/C(=C(/C)c3ccco3)SC2=S)[C@H](OC(C)=O)[C@H](OC(C)=O)[C@@H]1OC(C)=O. The molecule has 2 fully saturated rings. The van der Waals surface area contributed by atoms with Gasteiger partial charge in [-0.1, -0.05) is 24.0 Å². The van der Waals surface area contributed by atoms with Crippen molar-refractivity contribution in [1.29, 1.82) is 0 Å². The molecule has 37 heavy (non-hydrogen) atoms. The van der Waals surface area contributed by atoms with E-state index in [1.54, 1.807) is 19.1 Å². The van der Waals surface area contributed by atoms with Gasteiger partial charge in [0.25, 0.3) is 5.91 Å². The summed E-state index contributed by atoms with van der Waals surface area (Å²) in [4.78, 5) is 62.4. The standard InChI is InChI=1S/C23H25NO11S2/c1-10(15-7-6-8-30-15)20-21(29)24(23(36)37-20)22-19(34-14(5)28)18(33-13(4)27)17(32-12(3)26)16(35-22)9-31-11(2)25/h6-8,16-19,22H,9H2,1-5H3/b20-10+/t16-,17+,18+,19+,22-/m0/s1. The lowest BCUT2D eigenvalue weighted by atomic mass is 9.96. The molecule has 14 heteroatoms. The van der Waals surface area contributed by atoms with Crippen molar-refractivity contribution in [2.75, 3.05) is 6.61 Å². The first-order valence-corrected chi connectivity index (χ1v) is 12.2. The predicted octanol–water partition coefficient (Wildman–Crippen LogP) is 1.95. The van der Waals surface area contributed by atoms with E-state index in [0.29, 0.717) is 11.3 Å². The summed E-state index contributed by atoms with van der Waals surface area (Å²) in [5, 5.41) is 0. The number of ether oxygens (including phenoxy) is 5. The summed E-state index contributed by atoms with van der Waals surface area (Å²) >= 11 is 6.44. The smallest absolute Gasteiger partial charge is 0.303 e. The third kappa shape index (κ3) is 6.56. The van der Waals surface area contributed by atoms with Gasteiger partial charge in [0.05, 0.1) is 11.2 Å². The fourth-order valence-corrected chi connectivity index (χ4v) is 5.18. The summed E-state index contributed by atoms with van der Waals surface area (Å²) in [6.07, 6.45) is -5.41. The largest absolute Gasteiger partial charge is 0.465 e. The number of carbonyl (C=O) groups is 5. The zero-order valence-electron chi connectivity index (χ0n) is 20.6. The van der Waals surface area contributed by atoms with Crippen molar-refractivity contribution >= 4 is 63.7 Å². The summed E-state index contributed by atoms with van der Waals surface area (Å²) < 4.78 is 32.8. The predicted molar refractivity (Wildman–Crippen MR) is 130 cm³/mol. The summed E-state index contributed by atoms with van der Waals surface area (Å²) in [5.74, 6) is -3.13. The van der Waals surface area contributed by atoms with Gasteiger partial charge < -0.3 is 28.1 Å². The molecule has 0 spiro atoms. The van der Waals surface area contributed by atoms with Crippen LogP contribution in [0.4, 0.5) is 0 Å². The maximum Gasteiger partial charge on any atom is 0.303 e. The van der Waals surface area contributed by atoms with Crippen LogP contribution in [0.5, 0.6) is 0 Å². The number of thiocarbonyl (C=S) groups is 1. The highest BCUT2D eigenvalue weighted by Crippen LogP contribution is 2.41. The molecule has 2 saturated heterocycles. The molecule has 2 aliphatic heterocycles. The highest BCUT2D eigenvalue weighted by Gasteiger charge is 2.56. The number of hydrogen-bond donors (Lipinski definition) is 0. The number of hydrogen-bond acceptors (Lipinski definition) is 13. The lowest BCUT2D eigenvalue weighted by molar-refractivity contribution is -0.268. The van der Waals surface area contributed by atoms with Crippen molar-refractivity contribution in [2.24, 2.45) is 0 Å². The lowest BCUT2D eigenvalue weighted by Crippen LogP contribution is -2.66. The second kappa shape index (κ2) is 11.9. The molecule has 0 saturated carbocycles. The number of nitrogens with zero attached hydrogens (tertiary/aromatic N) is 1. The first kappa shape index (κ1) is 28.3. The quantitative estimate of drug-likeness (QED) is 0.209. The van der Waals surface area contributed by atoms with Gasteiger partial charge in [-0.3, -0.25) is 28.9 Å². The molecule has 5 atom stereocenters. The first-order valence-electron chi connectivity index (χ1n) is 11.0. The van der Waals surface area contributed by atoms with Gasteiger partial charge in [0, 0.05) is 33.3 Å². The van der Waals surface area contributed by atoms with Crippen molar-refractivity contribution in [3.05, 3.63) is 29.1 Å². The van der Waals surface area contributed by atoms with Crippen molar-refractivity contribution in [3.8, 4) is 0 Å². The molecule has 1 aromatic heterocycles. The topological polar surface area (TPSA) is 148 Å². The van der Waals surface area contributed by atoms with Crippen molar-refractivity contribution < 1.29 is 52.1 Å². The summed E-state index contributed by atoms with van der Waals surface area (Å²) in [5.41, 5.74) is 0.510. The Bertz CT molecular complexity index is 1130. The Morgan fingerprint density at radius 3 is 2.08 bits per heavy atom. The van der Waals surface area contributed by atoms with Crippen molar-refractivity contribution in [2.45, 2.75) is 65.3 Å². The van der Waals surface area contributed by atoms with Crippen LogP contribution in [0.1, 0.15) is 40.4 Å². The number of allylic oxidation sites excluding steroid dienone is 1. The second-order valence-electron chi connectivity index (χ2n) is 8.06. The van der Waals surface area contributed by atoms with Crippen LogP contribution in [-0.2, 0) is 47.7 Å². The van der Waals surface area contributed by atoms with Gasteiger partial charge in [-0.05, 0) is 19.1 Å². The molecule has 2 aliphatic rings. The molecule has 12 nitrogen and oxygen atoms in total. The molecule has 0 bridgehead atoms. The number of furan rings is 1. The molecule has 0 unspecified atom stereocenters. The normalized spacial score (nSPS) is 26.9. The van der Waals surface area contributed by atoms with E-state index in [9.17, 15) is 24.0 Å². The maximum atomic E-state index is 13.6. The van der Waals surface area contributed by atoms with E-state index in [2.05, 4.69) is 0 Å². The number of amides is 1. The number of esters is 4. The number of carbonyl (C=O) groups excluding carboxylic acids is 5. The Morgan fingerprint density at radius 2 is 1.54 bits per heavy atom. The van der Waals surface area contributed by atoms with Crippen LogP contribution in [-0.4, -0.2) is 76.3 Å². The van der Waals surface area contributed by atoms with Crippen molar-refractivity contribution in [3.63, 3.8) is 0 Å². The third-order valence-electron chi connectivity index (χ3n) is 5.25. The molecule has 3 heterocycles. The Kier molecular flexibility index (Phi) is 9.10. The van der Waals surface area contributed by atoms with E-state index in [1.165, 1.54) is 6.26 Å². The van der Waals surface area contributed by atoms with Gasteiger partial charge in [0.2, 0.25) is 0 Å². The molecular weight excluding hydrogens is 530 g/mol. The van der Waals surface area contributed by atoms with Crippen LogP contribution in [0.15, 0.2) is 27.7 Å². The Morgan fingerprint density at radius 1 is 0.946 bits per heavy atom. The van der Waals surface area contributed by atoms with Gasteiger partial charge in [-0.2, -0.15) is 0 Å². The zero-order valence-corrected chi connectivity index (χ0v) is 22.2. The molecule has 0 N–H and O–H groups in total. The molecule has 0 aliphatic carbocycles. The van der Waals surface area contributed by atoms with E-state index < -0.39 is 67.0 Å². The second-order valence-corrected chi connectivity index (χ2v) is 9.71. The van der Waals surface area contributed by atoms with Crippen LogP contribution < -0.4 is 0 Å². The minimum absolute atomic E-state index is 0.0619. The fraction of sp³-hybridized carbons (Fsp3) is 0.478. The van der Waals surface area contributed by atoms with Gasteiger partial charge in [0.1, 0.15) is 18.5 Å². The summed E-state index contributed by atoms with van der Waals surface area (Å²) in [6, 6.07) is 3.34. The number of rotatable bonds is 7. The molecule has 0 aromatic carbocycles. The lowest BCUT2D eigenvalue weighted by Gasteiger charge is -2.46. The minimum Gasteiger partial charge on any atom is -0.465 e. The van der Waals surface area contributed by atoms with Crippen LogP contribution in [0.3, 0.4) is 0 Å². The van der Waals surface area contributed by atoms with Gasteiger partial charge in [-0.25, -0.2) is 0 Å². The van der Waals surface area contributed by atoms with Gasteiger partial charge in [0.15, 0.2) is 28.9 Å². The van der Waals surface area contributed by atoms with Crippen LogP contribution in [0, 0.1) is 0 Å². The van der Waals surface area contributed by atoms with Crippen LogP contribution in [0.2, 0.25) is 0 Å². The molecule has 3 rings (SSSR count). The Labute approximate surface area is 221 Å². The molecule has 0 radical (unpaired) electrons. The van der Waals surface area contributed by atoms with Gasteiger partial charge in [-0.15, -0.1) is 0 Å². The molecule has 1 amide bonds. The highest BCUT2D eigenvalue weighted by atomic mass is 32.2. The fourth-order valence-electron chi connectivity index (χ4n) is 3.85. The van der Waals surface area contributed by atoms with E-state index >= 15 is 0 Å². The molecule has 1 aromatic rings. The van der Waals surface area contributed by atoms with E-state index in [0.717, 1.165) is 44.4 Å². The minimum atomic E-state index is -1.45. The highest BCUT2D eigenvalue weighted by molar-refractivity contribution is 8.26. The monoisotopic (exact) mass is 555 g/mol. The van der Waals surface area contributed by atoms with Crippen LogP contribution >= 0.6 is 24.0 Å². The number of thioether (sulfide) groups is 1. The maximum absolute atomic E-state index is 13.6. The van der Waals surface area contributed by atoms with E-state index in [4.69, 9.17) is 40.3 Å². The first-order chi connectivity index (χ1) is 17.4. The average Bonchev–Trinajstić information content (AvgIpc) is 3.42. The Balaban J connectivity index is 2.08. The summed E-state index contributed by atoms with van der Waals surface area (Å²) in [6.45, 7) is 5.75. The Hall–Kier alpha value is -3.23. The van der Waals surface area contributed by atoms with Crippen LogP contribution in [0.25, 0.3) is 5.57 Å². The zero-order chi connectivity index (χ0) is 27.4. The van der Waals surface area contributed by atoms with Crippen molar-refractivity contribution in [1.82, 2.24) is 4.90 Å². The third-order valence-corrected chi connectivity index (χ3v) is 6.75. The summed E-state index contributed by atoms with van der Waals surface area (Å²) in [7, 11) is 0. The molecular formula is C23H25NO11S2. The van der Waals surface area contributed by atoms with E-state index in [-0.39, 0.29) is 9.23 Å².